The van der Waals surface area contributed by atoms with Gasteiger partial charge in [0.2, 0.25) is 6.43 Å². The molecule has 0 aliphatic rings. The average Bonchev–Trinajstić information content (AvgIpc) is 1.82. The molecule has 0 aromatic rings. The second kappa shape index (κ2) is 5.15. The van der Waals surface area contributed by atoms with Gasteiger partial charge in [0.15, 0.2) is 0 Å². The topological polar surface area (TPSA) is 0 Å². The van der Waals surface area contributed by atoms with Crippen molar-refractivity contribution in [3.05, 3.63) is 0 Å². The normalized spacial score (nSPS) is 14.3. The van der Waals surface area contributed by atoms with Gasteiger partial charge in [0, 0.05) is 11.2 Å². The molecule has 0 saturated carbocycles. The van der Waals surface area contributed by atoms with E-state index in [0.29, 0.717) is 18.2 Å². The van der Waals surface area contributed by atoms with Crippen LogP contribution >= 0.6 is 15.9 Å². The van der Waals surface area contributed by atoms with E-state index in [9.17, 15) is 8.78 Å². The summed E-state index contributed by atoms with van der Waals surface area (Å²) in [6, 6.07) is 0. The van der Waals surface area contributed by atoms with E-state index in [1.54, 1.807) is 6.92 Å². The largest absolute Gasteiger partial charge is 0.241 e. The quantitative estimate of drug-likeness (QED) is 0.613. The fraction of sp³-hybridized carbons (Fsp3) is 1.00. The Balaban J connectivity index is 3.41. The molecule has 0 nitrogen and oxygen atoms in total. The van der Waals surface area contributed by atoms with Crippen LogP contribution in [0.4, 0.5) is 8.78 Å². The molecule has 0 aromatic carbocycles. The van der Waals surface area contributed by atoms with Crippen LogP contribution in [0.1, 0.15) is 19.8 Å². The molecule has 0 bridgehead atoms. The lowest BCUT2D eigenvalue weighted by molar-refractivity contribution is 0.0737. The lowest BCUT2D eigenvalue weighted by Crippen LogP contribution is -2.10. The van der Waals surface area contributed by atoms with Crippen molar-refractivity contribution in [1.29, 1.82) is 0 Å². The summed E-state index contributed by atoms with van der Waals surface area (Å²) in [6.45, 7) is 1.79. The molecule has 0 spiro atoms. The molecule has 0 heterocycles. The molecule has 0 fully saturated rings. The highest BCUT2D eigenvalue weighted by Crippen LogP contribution is 2.18. The molecule has 3 heteroatoms. The van der Waals surface area contributed by atoms with Crippen LogP contribution in [0.3, 0.4) is 0 Å². The minimum Gasteiger partial charge on any atom is -0.210 e. The standard InChI is InChI=1S/C6H11BrF2/c1-2-5(3-4-7)6(8)9/h5-6H,2-4H2,1H3. The molecule has 1 unspecified atom stereocenters. The van der Waals surface area contributed by atoms with Crippen molar-refractivity contribution in [3.63, 3.8) is 0 Å². The van der Waals surface area contributed by atoms with E-state index in [-0.39, 0.29) is 0 Å². The third-order valence-electron chi connectivity index (χ3n) is 1.36. The van der Waals surface area contributed by atoms with Crippen LogP contribution in [0.2, 0.25) is 0 Å². The first-order valence-electron chi connectivity index (χ1n) is 3.06. The Bertz CT molecular complexity index is 66.1. The summed E-state index contributed by atoms with van der Waals surface area (Å²) >= 11 is 3.13. The van der Waals surface area contributed by atoms with Crippen LogP contribution in [0.25, 0.3) is 0 Å². The number of hydrogen-bond acceptors (Lipinski definition) is 0. The van der Waals surface area contributed by atoms with Crippen molar-refractivity contribution in [3.8, 4) is 0 Å². The molecule has 0 aliphatic carbocycles. The van der Waals surface area contributed by atoms with E-state index < -0.39 is 12.3 Å². The summed E-state index contributed by atoms with van der Waals surface area (Å²) in [5.74, 6) is -0.413. The molecule has 0 rings (SSSR count). The number of rotatable bonds is 4. The maximum absolute atomic E-state index is 11.9. The van der Waals surface area contributed by atoms with E-state index in [1.165, 1.54) is 0 Å². The van der Waals surface area contributed by atoms with Crippen LogP contribution in [-0.4, -0.2) is 11.8 Å². The lowest BCUT2D eigenvalue weighted by atomic mass is 10.1. The van der Waals surface area contributed by atoms with Gasteiger partial charge in [-0.2, -0.15) is 0 Å². The van der Waals surface area contributed by atoms with Crippen LogP contribution < -0.4 is 0 Å². The summed E-state index contributed by atoms with van der Waals surface area (Å²) in [5.41, 5.74) is 0. The van der Waals surface area contributed by atoms with Gasteiger partial charge in [-0.15, -0.1) is 0 Å². The predicted octanol–water partition coefficient (Wildman–Crippen LogP) is 3.06. The van der Waals surface area contributed by atoms with Crippen molar-refractivity contribution in [2.24, 2.45) is 5.92 Å². The highest BCUT2D eigenvalue weighted by molar-refractivity contribution is 9.09. The van der Waals surface area contributed by atoms with E-state index in [2.05, 4.69) is 15.9 Å². The molecule has 0 aromatic heterocycles. The Morgan fingerprint density at radius 3 is 2.11 bits per heavy atom. The summed E-state index contributed by atoms with van der Waals surface area (Å²) in [7, 11) is 0. The Morgan fingerprint density at radius 2 is 2.00 bits per heavy atom. The minimum atomic E-state index is -2.15. The molecule has 0 radical (unpaired) electrons. The highest BCUT2D eigenvalue weighted by Gasteiger charge is 2.16. The van der Waals surface area contributed by atoms with Gasteiger partial charge >= 0.3 is 0 Å². The summed E-state index contributed by atoms with van der Waals surface area (Å²) < 4.78 is 23.7. The van der Waals surface area contributed by atoms with Crippen LogP contribution in [0, 0.1) is 5.92 Å². The molecule has 0 N–H and O–H groups in total. The second-order valence-electron chi connectivity index (χ2n) is 1.98. The van der Waals surface area contributed by atoms with Crippen molar-refractivity contribution in [2.45, 2.75) is 26.2 Å². The van der Waals surface area contributed by atoms with Crippen LogP contribution in [-0.2, 0) is 0 Å². The average molecular weight is 201 g/mol. The zero-order valence-electron chi connectivity index (χ0n) is 5.41. The molecule has 0 saturated heterocycles. The smallest absolute Gasteiger partial charge is 0.210 e. The molecule has 56 valence electrons. The zero-order valence-corrected chi connectivity index (χ0v) is 7.00. The highest BCUT2D eigenvalue weighted by atomic mass is 79.9. The Kier molecular flexibility index (Phi) is 5.35. The first-order chi connectivity index (χ1) is 4.22. The Labute approximate surface area is 62.8 Å². The molecular weight excluding hydrogens is 190 g/mol. The minimum absolute atomic E-state index is 0.413. The molecule has 0 aliphatic heterocycles. The Hall–Kier alpha value is 0.340. The third kappa shape index (κ3) is 3.84. The van der Waals surface area contributed by atoms with Gasteiger partial charge in [-0.1, -0.05) is 22.9 Å². The number of hydrogen-bond donors (Lipinski definition) is 0. The van der Waals surface area contributed by atoms with Crippen LogP contribution in [0.5, 0.6) is 0 Å². The SMILES string of the molecule is CCC(CCBr)C(F)F. The van der Waals surface area contributed by atoms with Crippen LogP contribution in [0.15, 0.2) is 0 Å². The summed E-state index contributed by atoms with van der Waals surface area (Å²) in [6.07, 6.45) is -0.996. The molecule has 9 heavy (non-hydrogen) atoms. The summed E-state index contributed by atoms with van der Waals surface area (Å²) in [4.78, 5) is 0. The predicted molar refractivity (Wildman–Crippen MR) is 38.2 cm³/mol. The Morgan fingerprint density at radius 1 is 1.44 bits per heavy atom. The summed E-state index contributed by atoms with van der Waals surface area (Å²) in [5, 5.41) is 0.676. The van der Waals surface area contributed by atoms with Gasteiger partial charge in [0.05, 0.1) is 0 Å². The second-order valence-corrected chi connectivity index (χ2v) is 2.77. The van der Waals surface area contributed by atoms with E-state index in [0.717, 1.165) is 0 Å². The monoisotopic (exact) mass is 200 g/mol. The van der Waals surface area contributed by atoms with Gasteiger partial charge in [0.25, 0.3) is 0 Å². The molecule has 0 amide bonds. The molecular formula is C6H11BrF2. The van der Waals surface area contributed by atoms with E-state index in [1.807, 2.05) is 0 Å². The van der Waals surface area contributed by atoms with Gasteiger partial charge < -0.3 is 0 Å². The zero-order chi connectivity index (χ0) is 7.28. The van der Waals surface area contributed by atoms with E-state index >= 15 is 0 Å². The van der Waals surface area contributed by atoms with E-state index in [4.69, 9.17) is 0 Å². The fourth-order valence-electron chi connectivity index (χ4n) is 0.648. The van der Waals surface area contributed by atoms with Crippen molar-refractivity contribution in [2.75, 3.05) is 5.33 Å². The number of alkyl halides is 3. The lowest BCUT2D eigenvalue weighted by Gasteiger charge is -2.10. The molecule has 1 atom stereocenters. The van der Waals surface area contributed by atoms with Gasteiger partial charge in [-0.3, -0.25) is 0 Å². The van der Waals surface area contributed by atoms with Gasteiger partial charge in [-0.25, -0.2) is 8.78 Å². The van der Waals surface area contributed by atoms with Crippen molar-refractivity contribution < 1.29 is 8.78 Å². The maximum atomic E-state index is 11.9. The number of halogens is 3. The third-order valence-corrected chi connectivity index (χ3v) is 1.82. The maximum Gasteiger partial charge on any atom is 0.241 e. The first-order valence-corrected chi connectivity index (χ1v) is 4.18. The fourth-order valence-corrected chi connectivity index (χ4v) is 1.24. The first kappa shape index (κ1) is 9.34. The van der Waals surface area contributed by atoms with Crippen molar-refractivity contribution >= 4 is 15.9 Å². The van der Waals surface area contributed by atoms with Gasteiger partial charge in [-0.05, 0) is 12.8 Å². The van der Waals surface area contributed by atoms with Crippen molar-refractivity contribution in [1.82, 2.24) is 0 Å². The van der Waals surface area contributed by atoms with Gasteiger partial charge in [0.1, 0.15) is 0 Å².